The van der Waals surface area contributed by atoms with Gasteiger partial charge in [-0.25, -0.2) is 9.59 Å². The standard InChI is InChI=1S/C7H6O6/c8-3-4(6(10)11)1-2-5(9)7(12)13/h1-3,9H,(H,10,11)(H,12,13)/b4-1+,5-2+. The quantitative estimate of drug-likeness (QED) is 0.139. The van der Waals surface area contributed by atoms with Crippen molar-refractivity contribution in [1.29, 1.82) is 0 Å². The third-order valence-corrected chi connectivity index (χ3v) is 1.01. The number of carboxylic acid groups (broad SMARTS) is 2. The zero-order valence-electron chi connectivity index (χ0n) is 6.30. The van der Waals surface area contributed by atoms with Crippen molar-refractivity contribution in [2.75, 3.05) is 0 Å². The third-order valence-electron chi connectivity index (χ3n) is 1.01. The molecule has 70 valence electrons. The molecule has 0 aromatic rings. The first kappa shape index (κ1) is 10.9. The van der Waals surface area contributed by atoms with Gasteiger partial charge >= 0.3 is 11.9 Å². The van der Waals surface area contributed by atoms with Gasteiger partial charge < -0.3 is 15.3 Å². The van der Waals surface area contributed by atoms with Gasteiger partial charge in [0.15, 0.2) is 6.29 Å². The zero-order valence-corrected chi connectivity index (χ0v) is 6.30. The first-order valence-corrected chi connectivity index (χ1v) is 3.01. The molecule has 0 aliphatic heterocycles. The van der Waals surface area contributed by atoms with E-state index >= 15 is 0 Å². The molecule has 0 saturated heterocycles. The van der Waals surface area contributed by atoms with Crippen molar-refractivity contribution in [3.05, 3.63) is 23.5 Å². The molecule has 0 atom stereocenters. The molecule has 0 heterocycles. The molecule has 0 spiro atoms. The molecule has 6 heteroatoms. The van der Waals surface area contributed by atoms with E-state index in [0.29, 0.717) is 12.2 Å². The lowest BCUT2D eigenvalue weighted by Gasteiger charge is -1.89. The van der Waals surface area contributed by atoms with Crippen molar-refractivity contribution < 1.29 is 29.7 Å². The number of aldehydes is 1. The Labute approximate surface area is 72.4 Å². The summed E-state index contributed by atoms with van der Waals surface area (Å²) in [6.07, 6.45) is 1.34. The Bertz CT molecular complexity index is 298. The second-order valence-electron chi connectivity index (χ2n) is 1.90. The van der Waals surface area contributed by atoms with Crippen LogP contribution in [-0.2, 0) is 14.4 Å². The van der Waals surface area contributed by atoms with Crippen molar-refractivity contribution in [3.63, 3.8) is 0 Å². The van der Waals surface area contributed by atoms with E-state index in [9.17, 15) is 14.4 Å². The van der Waals surface area contributed by atoms with Gasteiger partial charge in [-0.2, -0.15) is 0 Å². The third kappa shape index (κ3) is 3.71. The van der Waals surface area contributed by atoms with Gasteiger partial charge in [-0.05, 0) is 12.2 Å². The van der Waals surface area contributed by atoms with E-state index in [1.165, 1.54) is 0 Å². The van der Waals surface area contributed by atoms with Crippen molar-refractivity contribution >= 4 is 18.2 Å². The van der Waals surface area contributed by atoms with Gasteiger partial charge in [0.05, 0.1) is 5.57 Å². The fraction of sp³-hybridized carbons (Fsp3) is 0. The minimum Gasteiger partial charge on any atom is -0.502 e. The van der Waals surface area contributed by atoms with Crippen LogP contribution in [0.25, 0.3) is 0 Å². The lowest BCUT2D eigenvalue weighted by molar-refractivity contribution is -0.136. The molecule has 0 aliphatic carbocycles. The molecule has 0 bridgehead atoms. The van der Waals surface area contributed by atoms with E-state index in [0.717, 1.165) is 0 Å². The van der Waals surface area contributed by atoms with Crippen LogP contribution in [0.3, 0.4) is 0 Å². The van der Waals surface area contributed by atoms with Crippen LogP contribution in [0.4, 0.5) is 0 Å². The highest BCUT2D eigenvalue weighted by molar-refractivity contribution is 6.06. The number of hydrogen-bond acceptors (Lipinski definition) is 4. The van der Waals surface area contributed by atoms with Gasteiger partial charge in [-0.3, -0.25) is 4.79 Å². The highest BCUT2D eigenvalue weighted by atomic mass is 16.4. The van der Waals surface area contributed by atoms with Gasteiger partial charge in [0.25, 0.3) is 0 Å². The molecule has 0 fully saturated rings. The Kier molecular flexibility index (Phi) is 3.94. The topological polar surface area (TPSA) is 112 Å². The van der Waals surface area contributed by atoms with Crippen LogP contribution >= 0.6 is 0 Å². The highest BCUT2D eigenvalue weighted by Crippen LogP contribution is 1.94. The first-order chi connectivity index (χ1) is 5.99. The summed E-state index contributed by atoms with van der Waals surface area (Å²) >= 11 is 0. The summed E-state index contributed by atoms with van der Waals surface area (Å²) in [4.78, 5) is 30.2. The maximum absolute atomic E-state index is 10.2. The van der Waals surface area contributed by atoms with Gasteiger partial charge in [0.1, 0.15) is 0 Å². The van der Waals surface area contributed by atoms with Crippen LogP contribution < -0.4 is 0 Å². The number of rotatable bonds is 4. The number of allylic oxidation sites excluding steroid dienone is 2. The van der Waals surface area contributed by atoms with Crippen LogP contribution in [0.15, 0.2) is 23.5 Å². The van der Waals surface area contributed by atoms with Crippen LogP contribution in [0, 0.1) is 0 Å². The predicted octanol–water partition coefficient (Wildman–Crippen LogP) is -0.277. The first-order valence-electron chi connectivity index (χ1n) is 3.01. The van der Waals surface area contributed by atoms with Crippen molar-refractivity contribution in [1.82, 2.24) is 0 Å². The lowest BCUT2D eigenvalue weighted by Crippen LogP contribution is -2.02. The molecule has 0 radical (unpaired) electrons. The molecule has 6 nitrogen and oxygen atoms in total. The number of carbonyl (C=O) groups excluding carboxylic acids is 1. The minimum absolute atomic E-state index is 0.0357. The molecule has 0 saturated carbocycles. The fourth-order valence-corrected chi connectivity index (χ4v) is 0.401. The van der Waals surface area contributed by atoms with E-state index in [2.05, 4.69) is 0 Å². The number of carbonyl (C=O) groups is 3. The molecule has 0 aliphatic rings. The van der Waals surface area contributed by atoms with Gasteiger partial charge in [-0.1, -0.05) is 0 Å². The Morgan fingerprint density at radius 3 is 1.77 bits per heavy atom. The number of aliphatic hydroxyl groups is 1. The summed E-state index contributed by atoms with van der Waals surface area (Å²) < 4.78 is 0. The van der Waals surface area contributed by atoms with E-state index < -0.39 is 23.3 Å². The van der Waals surface area contributed by atoms with Crippen molar-refractivity contribution in [3.8, 4) is 0 Å². The summed E-state index contributed by atoms with van der Waals surface area (Å²) in [5.41, 5.74) is -0.646. The molecule has 0 aromatic heterocycles. The predicted molar refractivity (Wildman–Crippen MR) is 40.1 cm³/mol. The van der Waals surface area contributed by atoms with E-state index in [1.54, 1.807) is 0 Å². The second kappa shape index (κ2) is 4.70. The van der Waals surface area contributed by atoms with Crippen molar-refractivity contribution in [2.45, 2.75) is 0 Å². The minimum atomic E-state index is -1.60. The van der Waals surface area contributed by atoms with Gasteiger partial charge in [0, 0.05) is 0 Å². The van der Waals surface area contributed by atoms with Gasteiger partial charge in [-0.15, -0.1) is 0 Å². The molecule has 0 aromatic carbocycles. The number of aliphatic carboxylic acids is 2. The molecule has 3 N–H and O–H groups in total. The maximum atomic E-state index is 10.2. The molecule has 0 rings (SSSR count). The smallest absolute Gasteiger partial charge is 0.370 e. The molecule has 13 heavy (non-hydrogen) atoms. The summed E-state index contributed by atoms with van der Waals surface area (Å²) in [7, 11) is 0. The van der Waals surface area contributed by atoms with Crippen LogP contribution in [0.5, 0.6) is 0 Å². The number of hydrogen-bond donors (Lipinski definition) is 3. The fourth-order valence-electron chi connectivity index (χ4n) is 0.401. The molecule has 0 amide bonds. The van der Waals surface area contributed by atoms with E-state index in [-0.39, 0.29) is 6.29 Å². The SMILES string of the molecule is O=C/C(=C\C=C(\O)C(=O)O)C(=O)O. The molecule has 0 unspecified atom stereocenters. The lowest BCUT2D eigenvalue weighted by atomic mass is 10.2. The largest absolute Gasteiger partial charge is 0.502 e. The Morgan fingerprint density at radius 2 is 1.46 bits per heavy atom. The molecular weight excluding hydrogens is 180 g/mol. The Balaban J connectivity index is 4.74. The van der Waals surface area contributed by atoms with Crippen LogP contribution in [0.2, 0.25) is 0 Å². The van der Waals surface area contributed by atoms with Crippen molar-refractivity contribution in [2.24, 2.45) is 0 Å². The monoisotopic (exact) mass is 186 g/mol. The summed E-state index contributed by atoms with van der Waals surface area (Å²) in [5.74, 6) is -4.14. The van der Waals surface area contributed by atoms with E-state index in [4.69, 9.17) is 15.3 Å². The van der Waals surface area contributed by atoms with E-state index in [1.807, 2.05) is 0 Å². The maximum Gasteiger partial charge on any atom is 0.370 e. The average molecular weight is 186 g/mol. The summed E-state index contributed by atoms with van der Waals surface area (Å²) in [6, 6.07) is 0. The Morgan fingerprint density at radius 1 is 0.923 bits per heavy atom. The Hall–Kier alpha value is -2.11. The number of carboxylic acids is 2. The highest BCUT2D eigenvalue weighted by Gasteiger charge is 2.05. The average Bonchev–Trinajstić information content (AvgIpc) is 2.04. The zero-order chi connectivity index (χ0) is 10.4. The summed E-state index contributed by atoms with van der Waals surface area (Å²) in [6.45, 7) is 0. The van der Waals surface area contributed by atoms with Gasteiger partial charge in [0.2, 0.25) is 5.76 Å². The van der Waals surface area contributed by atoms with Crippen LogP contribution in [-0.4, -0.2) is 33.5 Å². The number of aliphatic hydroxyl groups excluding tert-OH is 1. The summed E-state index contributed by atoms with van der Waals surface area (Å²) in [5, 5.41) is 25.0. The normalized spacial score (nSPS) is 12.3. The molecular formula is C7H6O6. The van der Waals surface area contributed by atoms with Crippen LogP contribution in [0.1, 0.15) is 0 Å². The second-order valence-corrected chi connectivity index (χ2v) is 1.90.